The number of rotatable bonds is 1. The summed E-state index contributed by atoms with van der Waals surface area (Å²) in [5.41, 5.74) is 6.47. The van der Waals surface area contributed by atoms with Gasteiger partial charge in [-0.3, -0.25) is 4.68 Å². The molecule has 1 aliphatic heterocycles. The molecule has 14 heavy (non-hydrogen) atoms. The van der Waals surface area contributed by atoms with Crippen LogP contribution in [0.1, 0.15) is 32.1 Å². The monoisotopic (exact) mass is 195 g/mol. The molecule has 0 saturated heterocycles. The molecule has 0 aromatic carbocycles. The van der Waals surface area contributed by atoms with Crippen LogP contribution in [0.5, 0.6) is 0 Å². The second-order valence-electron chi connectivity index (χ2n) is 4.36. The zero-order chi connectivity index (χ0) is 10.3. The lowest BCUT2D eigenvalue weighted by Gasteiger charge is -2.31. The summed E-state index contributed by atoms with van der Waals surface area (Å²) in [4.78, 5) is 0. The fourth-order valence-electron chi connectivity index (χ4n) is 2.22. The summed E-state index contributed by atoms with van der Waals surface area (Å²) in [5.74, 6) is 1.33. The second kappa shape index (κ2) is 3.28. The van der Waals surface area contributed by atoms with Crippen molar-refractivity contribution < 1.29 is 5.11 Å². The normalized spacial score (nSPS) is 26.6. The minimum Gasteiger partial charge on any atom is -0.387 e. The SMILES string of the molecule is CC(C)C1CCn2nc(N)cc2C1O. The van der Waals surface area contributed by atoms with Gasteiger partial charge in [0.05, 0.1) is 11.8 Å². The van der Waals surface area contributed by atoms with Gasteiger partial charge in [0, 0.05) is 12.6 Å². The topological polar surface area (TPSA) is 64.1 Å². The fraction of sp³-hybridized carbons (Fsp3) is 0.700. The van der Waals surface area contributed by atoms with Gasteiger partial charge in [-0.2, -0.15) is 5.10 Å². The largest absolute Gasteiger partial charge is 0.387 e. The smallest absolute Gasteiger partial charge is 0.145 e. The van der Waals surface area contributed by atoms with Crippen molar-refractivity contribution in [2.75, 3.05) is 5.73 Å². The number of anilines is 1. The molecule has 1 aromatic heterocycles. The minimum absolute atomic E-state index is 0.332. The van der Waals surface area contributed by atoms with E-state index in [-0.39, 0.29) is 0 Å². The third-order valence-electron chi connectivity index (χ3n) is 3.07. The molecule has 1 aliphatic rings. The summed E-state index contributed by atoms with van der Waals surface area (Å²) >= 11 is 0. The maximum absolute atomic E-state index is 10.1. The molecule has 4 nitrogen and oxygen atoms in total. The first-order valence-electron chi connectivity index (χ1n) is 5.11. The Balaban J connectivity index is 2.31. The average Bonchev–Trinajstić information content (AvgIpc) is 2.46. The molecular formula is C10H17N3O. The molecule has 0 amide bonds. The molecule has 2 atom stereocenters. The van der Waals surface area contributed by atoms with Crippen LogP contribution in [0.3, 0.4) is 0 Å². The molecule has 0 aliphatic carbocycles. The van der Waals surface area contributed by atoms with Crippen LogP contribution in [-0.2, 0) is 6.54 Å². The van der Waals surface area contributed by atoms with Crippen molar-refractivity contribution in [3.8, 4) is 0 Å². The number of hydrogen-bond acceptors (Lipinski definition) is 3. The van der Waals surface area contributed by atoms with Crippen molar-refractivity contribution in [3.05, 3.63) is 11.8 Å². The molecule has 2 unspecified atom stereocenters. The van der Waals surface area contributed by atoms with Crippen LogP contribution in [0, 0.1) is 11.8 Å². The lowest BCUT2D eigenvalue weighted by Crippen LogP contribution is -2.28. The van der Waals surface area contributed by atoms with E-state index in [9.17, 15) is 5.11 Å². The standard InChI is InChI=1S/C10H17N3O/c1-6(2)7-3-4-13-8(10(7)14)5-9(11)12-13/h5-7,10,14H,3-4H2,1-2H3,(H2,11,12). The zero-order valence-corrected chi connectivity index (χ0v) is 8.64. The first-order chi connectivity index (χ1) is 6.59. The Labute approximate surface area is 83.7 Å². The lowest BCUT2D eigenvalue weighted by atomic mass is 9.84. The summed E-state index contributed by atoms with van der Waals surface area (Å²) in [6, 6.07) is 1.78. The van der Waals surface area contributed by atoms with Gasteiger partial charge in [-0.15, -0.1) is 0 Å². The van der Waals surface area contributed by atoms with E-state index in [1.807, 2.05) is 4.68 Å². The van der Waals surface area contributed by atoms with E-state index >= 15 is 0 Å². The first kappa shape index (κ1) is 9.52. The van der Waals surface area contributed by atoms with E-state index in [2.05, 4.69) is 18.9 Å². The average molecular weight is 195 g/mol. The molecule has 0 saturated carbocycles. The number of aryl methyl sites for hydroxylation is 1. The summed E-state index contributed by atoms with van der Waals surface area (Å²) in [7, 11) is 0. The maximum atomic E-state index is 10.1. The quantitative estimate of drug-likeness (QED) is 0.707. The van der Waals surface area contributed by atoms with E-state index < -0.39 is 6.10 Å². The van der Waals surface area contributed by atoms with Gasteiger partial charge in [-0.05, 0) is 18.3 Å². The summed E-state index contributed by atoms with van der Waals surface area (Å²) in [6.07, 6.45) is 0.570. The highest BCUT2D eigenvalue weighted by molar-refractivity contribution is 5.31. The van der Waals surface area contributed by atoms with Crippen molar-refractivity contribution in [1.29, 1.82) is 0 Å². The predicted molar refractivity (Wildman–Crippen MR) is 54.5 cm³/mol. The van der Waals surface area contributed by atoms with Crippen molar-refractivity contribution in [1.82, 2.24) is 9.78 Å². The Morgan fingerprint density at radius 3 is 3.00 bits per heavy atom. The van der Waals surface area contributed by atoms with Crippen LogP contribution < -0.4 is 5.73 Å². The third-order valence-corrected chi connectivity index (χ3v) is 3.07. The molecule has 78 valence electrons. The number of fused-ring (bicyclic) bond motifs is 1. The minimum atomic E-state index is -0.409. The van der Waals surface area contributed by atoms with E-state index in [0.29, 0.717) is 17.7 Å². The van der Waals surface area contributed by atoms with E-state index in [1.54, 1.807) is 6.07 Å². The van der Waals surface area contributed by atoms with Crippen LogP contribution in [0.15, 0.2) is 6.07 Å². The Morgan fingerprint density at radius 2 is 2.36 bits per heavy atom. The van der Waals surface area contributed by atoms with E-state index in [4.69, 9.17) is 5.73 Å². The van der Waals surface area contributed by atoms with Gasteiger partial charge in [0.25, 0.3) is 0 Å². The molecule has 0 spiro atoms. The van der Waals surface area contributed by atoms with Crippen LogP contribution in [-0.4, -0.2) is 14.9 Å². The van der Waals surface area contributed by atoms with Gasteiger partial charge in [0.2, 0.25) is 0 Å². The van der Waals surface area contributed by atoms with Crippen molar-refractivity contribution in [2.24, 2.45) is 11.8 Å². The molecular weight excluding hydrogens is 178 g/mol. The van der Waals surface area contributed by atoms with Gasteiger partial charge < -0.3 is 10.8 Å². The number of aromatic nitrogens is 2. The Kier molecular flexibility index (Phi) is 2.23. The number of hydrogen-bond donors (Lipinski definition) is 2. The summed E-state index contributed by atoms with van der Waals surface area (Å²) in [6.45, 7) is 5.15. The fourth-order valence-corrected chi connectivity index (χ4v) is 2.22. The first-order valence-corrected chi connectivity index (χ1v) is 5.11. The molecule has 2 heterocycles. The number of nitrogens with two attached hydrogens (primary N) is 1. The van der Waals surface area contributed by atoms with Crippen LogP contribution in [0.25, 0.3) is 0 Å². The van der Waals surface area contributed by atoms with Crippen molar-refractivity contribution in [2.45, 2.75) is 32.9 Å². The van der Waals surface area contributed by atoms with E-state index in [0.717, 1.165) is 18.7 Å². The zero-order valence-electron chi connectivity index (χ0n) is 8.64. The van der Waals surface area contributed by atoms with Crippen molar-refractivity contribution >= 4 is 5.82 Å². The van der Waals surface area contributed by atoms with Gasteiger partial charge in [-0.25, -0.2) is 0 Å². The molecule has 2 rings (SSSR count). The highest BCUT2D eigenvalue weighted by Gasteiger charge is 2.31. The molecule has 3 N–H and O–H groups in total. The molecule has 0 fully saturated rings. The molecule has 1 aromatic rings. The van der Waals surface area contributed by atoms with Crippen LogP contribution >= 0.6 is 0 Å². The molecule has 0 bridgehead atoms. The number of aliphatic hydroxyl groups is 1. The Bertz CT molecular complexity index is 332. The third kappa shape index (κ3) is 1.39. The number of nitrogen functional groups attached to an aromatic ring is 1. The molecule has 0 radical (unpaired) electrons. The highest BCUT2D eigenvalue weighted by Crippen LogP contribution is 2.35. The highest BCUT2D eigenvalue weighted by atomic mass is 16.3. The Morgan fingerprint density at radius 1 is 1.64 bits per heavy atom. The van der Waals surface area contributed by atoms with Gasteiger partial charge in [-0.1, -0.05) is 13.8 Å². The van der Waals surface area contributed by atoms with Crippen LogP contribution in [0.4, 0.5) is 5.82 Å². The van der Waals surface area contributed by atoms with Gasteiger partial charge in [0.15, 0.2) is 0 Å². The summed E-state index contributed by atoms with van der Waals surface area (Å²) in [5, 5.41) is 14.2. The van der Waals surface area contributed by atoms with Gasteiger partial charge in [0.1, 0.15) is 5.82 Å². The van der Waals surface area contributed by atoms with Crippen molar-refractivity contribution in [3.63, 3.8) is 0 Å². The maximum Gasteiger partial charge on any atom is 0.145 e. The number of aliphatic hydroxyl groups excluding tert-OH is 1. The number of nitrogens with zero attached hydrogens (tertiary/aromatic N) is 2. The molecule has 4 heteroatoms. The van der Waals surface area contributed by atoms with Gasteiger partial charge >= 0.3 is 0 Å². The summed E-state index contributed by atoms with van der Waals surface area (Å²) < 4.78 is 1.82. The predicted octanol–water partition coefficient (Wildman–Crippen LogP) is 1.17. The lowest BCUT2D eigenvalue weighted by molar-refractivity contribution is 0.0476. The van der Waals surface area contributed by atoms with E-state index in [1.165, 1.54) is 0 Å². The Hall–Kier alpha value is -1.03. The van der Waals surface area contributed by atoms with Crippen LogP contribution in [0.2, 0.25) is 0 Å². The second-order valence-corrected chi connectivity index (χ2v) is 4.36.